The molecule has 1 aliphatic rings. The topological polar surface area (TPSA) is 42.5 Å². The van der Waals surface area contributed by atoms with Crippen LogP contribution in [0.15, 0.2) is 48.5 Å². The molecule has 0 atom stereocenters. The van der Waals surface area contributed by atoms with Gasteiger partial charge in [-0.05, 0) is 42.8 Å². The largest absolute Gasteiger partial charge is 0.493 e. The molecule has 25 heavy (non-hydrogen) atoms. The average Bonchev–Trinajstić information content (AvgIpc) is 3.11. The van der Waals surface area contributed by atoms with Crippen molar-refractivity contribution in [3.63, 3.8) is 0 Å². The molecule has 0 saturated heterocycles. The lowest BCUT2D eigenvalue weighted by molar-refractivity contribution is 0.355. The summed E-state index contributed by atoms with van der Waals surface area (Å²) in [7, 11) is 3.25. The van der Waals surface area contributed by atoms with Gasteiger partial charge in [-0.1, -0.05) is 43.2 Å². The minimum atomic E-state index is -0.0814. The molecule has 0 amide bonds. The first kappa shape index (κ1) is 17.5. The van der Waals surface area contributed by atoms with Crippen molar-refractivity contribution in [1.29, 1.82) is 0 Å². The van der Waals surface area contributed by atoms with Gasteiger partial charge in [-0.25, -0.2) is 0 Å². The van der Waals surface area contributed by atoms with Gasteiger partial charge in [0.15, 0.2) is 16.6 Å². The van der Waals surface area contributed by atoms with Gasteiger partial charge in [-0.3, -0.25) is 0 Å². The van der Waals surface area contributed by atoms with Crippen LogP contribution in [0, 0.1) is 0 Å². The molecule has 4 nitrogen and oxygen atoms in total. The Balaban J connectivity index is 1.75. The van der Waals surface area contributed by atoms with E-state index in [4.69, 9.17) is 21.7 Å². The minimum Gasteiger partial charge on any atom is -0.493 e. The van der Waals surface area contributed by atoms with E-state index in [2.05, 4.69) is 34.9 Å². The quantitative estimate of drug-likeness (QED) is 0.774. The highest BCUT2D eigenvalue weighted by Crippen LogP contribution is 2.38. The Labute approximate surface area is 154 Å². The van der Waals surface area contributed by atoms with Crippen molar-refractivity contribution in [3.8, 4) is 11.5 Å². The molecule has 0 bridgehead atoms. The van der Waals surface area contributed by atoms with Crippen molar-refractivity contribution >= 4 is 23.0 Å². The Morgan fingerprint density at radius 2 is 1.64 bits per heavy atom. The summed E-state index contributed by atoms with van der Waals surface area (Å²) in [6, 6.07) is 16.3. The van der Waals surface area contributed by atoms with Gasteiger partial charge in [0.05, 0.1) is 19.8 Å². The van der Waals surface area contributed by atoms with Crippen molar-refractivity contribution in [2.75, 3.05) is 19.5 Å². The van der Waals surface area contributed by atoms with E-state index in [9.17, 15) is 0 Å². The standard InChI is InChI=1S/C20H24N2O2S/c1-23-17-11-10-16(14-18(17)24-2)21-19(25)22-20(12-6-7-13-20)15-8-4-3-5-9-15/h3-5,8-11,14H,6-7,12-13H2,1-2H3,(H2,21,22,25). The number of benzene rings is 2. The molecule has 2 aromatic carbocycles. The zero-order chi connectivity index (χ0) is 17.7. The van der Waals surface area contributed by atoms with Crippen molar-refractivity contribution < 1.29 is 9.47 Å². The maximum absolute atomic E-state index is 5.59. The van der Waals surface area contributed by atoms with E-state index < -0.39 is 0 Å². The Kier molecular flexibility index (Phi) is 5.43. The molecule has 2 N–H and O–H groups in total. The van der Waals surface area contributed by atoms with E-state index in [0.29, 0.717) is 16.6 Å². The molecular formula is C20H24N2O2S. The van der Waals surface area contributed by atoms with Crippen LogP contribution in [-0.4, -0.2) is 19.3 Å². The summed E-state index contributed by atoms with van der Waals surface area (Å²) >= 11 is 5.59. The van der Waals surface area contributed by atoms with E-state index >= 15 is 0 Å². The molecule has 0 aliphatic heterocycles. The van der Waals surface area contributed by atoms with Crippen LogP contribution < -0.4 is 20.1 Å². The lowest BCUT2D eigenvalue weighted by Gasteiger charge is -2.32. The van der Waals surface area contributed by atoms with Crippen LogP contribution in [0.4, 0.5) is 5.69 Å². The van der Waals surface area contributed by atoms with Gasteiger partial charge < -0.3 is 20.1 Å². The summed E-state index contributed by atoms with van der Waals surface area (Å²) < 4.78 is 10.6. The molecule has 0 heterocycles. The van der Waals surface area contributed by atoms with E-state index in [-0.39, 0.29) is 5.54 Å². The molecule has 0 aromatic heterocycles. The van der Waals surface area contributed by atoms with Crippen LogP contribution in [-0.2, 0) is 5.54 Å². The van der Waals surface area contributed by atoms with Crippen molar-refractivity contribution in [2.45, 2.75) is 31.2 Å². The first-order valence-corrected chi connectivity index (χ1v) is 8.94. The van der Waals surface area contributed by atoms with Crippen LogP contribution >= 0.6 is 12.2 Å². The smallest absolute Gasteiger partial charge is 0.171 e. The third-order valence-corrected chi connectivity index (χ3v) is 4.98. The minimum absolute atomic E-state index is 0.0814. The second kappa shape index (κ2) is 7.74. The molecule has 1 fully saturated rings. The number of rotatable bonds is 5. The second-order valence-corrected chi connectivity index (χ2v) is 6.71. The van der Waals surface area contributed by atoms with Gasteiger partial charge in [0, 0.05) is 11.8 Å². The van der Waals surface area contributed by atoms with Crippen LogP contribution in [0.3, 0.4) is 0 Å². The maximum atomic E-state index is 5.59. The lowest BCUT2D eigenvalue weighted by atomic mass is 9.88. The number of hydrogen-bond acceptors (Lipinski definition) is 3. The molecule has 5 heteroatoms. The van der Waals surface area contributed by atoms with Crippen LogP contribution in [0.1, 0.15) is 31.2 Å². The zero-order valence-electron chi connectivity index (χ0n) is 14.7. The fraction of sp³-hybridized carbons (Fsp3) is 0.350. The monoisotopic (exact) mass is 356 g/mol. The van der Waals surface area contributed by atoms with Gasteiger partial charge in [-0.15, -0.1) is 0 Å². The van der Waals surface area contributed by atoms with Gasteiger partial charge in [-0.2, -0.15) is 0 Å². The van der Waals surface area contributed by atoms with Gasteiger partial charge in [0.25, 0.3) is 0 Å². The third kappa shape index (κ3) is 3.87. The summed E-state index contributed by atoms with van der Waals surface area (Å²) in [5, 5.41) is 7.47. The van der Waals surface area contributed by atoms with Crippen LogP contribution in [0.25, 0.3) is 0 Å². The highest BCUT2D eigenvalue weighted by atomic mass is 32.1. The first-order valence-electron chi connectivity index (χ1n) is 8.53. The number of hydrogen-bond donors (Lipinski definition) is 2. The fourth-order valence-corrected chi connectivity index (χ4v) is 3.83. The molecule has 132 valence electrons. The third-order valence-electron chi connectivity index (χ3n) is 4.78. The van der Waals surface area contributed by atoms with Gasteiger partial charge >= 0.3 is 0 Å². The molecule has 0 spiro atoms. The highest BCUT2D eigenvalue weighted by molar-refractivity contribution is 7.80. The predicted octanol–water partition coefficient (Wildman–Crippen LogP) is 4.46. The molecule has 0 radical (unpaired) electrons. The van der Waals surface area contributed by atoms with Crippen molar-refractivity contribution in [1.82, 2.24) is 5.32 Å². The number of methoxy groups -OCH3 is 2. The SMILES string of the molecule is COc1ccc(NC(=S)NC2(c3ccccc3)CCCC2)cc1OC. The van der Waals surface area contributed by atoms with E-state index in [1.54, 1.807) is 14.2 Å². The lowest BCUT2D eigenvalue weighted by Crippen LogP contribution is -2.45. The molecule has 1 saturated carbocycles. The Morgan fingerprint density at radius 3 is 2.28 bits per heavy atom. The number of thiocarbonyl (C=S) groups is 1. The van der Waals surface area contributed by atoms with Crippen molar-refractivity contribution in [2.24, 2.45) is 0 Å². The first-order chi connectivity index (χ1) is 12.2. The number of nitrogens with one attached hydrogen (secondary N) is 2. The van der Waals surface area contributed by atoms with E-state index in [1.807, 2.05) is 24.3 Å². The summed E-state index contributed by atoms with van der Waals surface area (Å²) in [4.78, 5) is 0. The fourth-order valence-electron chi connectivity index (χ4n) is 3.52. The summed E-state index contributed by atoms with van der Waals surface area (Å²) in [6.07, 6.45) is 4.59. The average molecular weight is 356 g/mol. The maximum Gasteiger partial charge on any atom is 0.171 e. The highest BCUT2D eigenvalue weighted by Gasteiger charge is 2.36. The second-order valence-electron chi connectivity index (χ2n) is 6.30. The molecule has 1 aliphatic carbocycles. The Morgan fingerprint density at radius 1 is 0.960 bits per heavy atom. The predicted molar refractivity (Wildman–Crippen MR) is 105 cm³/mol. The van der Waals surface area contributed by atoms with Crippen molar-refractivity contribution in [3.05, 3.63) is 54.1 Å². The molecular weight excluding hydrogens is 332 g/mol. The molecule has 0 unspecified atom stereocenters. The summed E-state index contributed by atoms with van der Waals surface area (Å²) in [5.41, 5.74) is 2.09. The van der Waals surface area contributed by atoms with Gasteiger partial charge in [0.2, 0.25) is 0 Å². The molecule has 3 rings (SSSR count). The summed E-state index contributed by atoms with van der Waals surface area (Å²) in [5.74, 6) is 1.37. The Bertz CT molecular complexity index is 728. The molecule has 2 aromatic rings. The zero-order valence-corrected chi connectivity index (χ0v) is 15.5. The summed E-state index contributed by atoms with van der Waals surface area (Å²) in [6.45, 7) is 0. The number of anilines is 1. The normalized spacial score (nSPS) is 15.4. The van der Waals surface area contributed by atoms with Gasteiger partial charge in [0.1, 0.15) is 0 Å². The van der Waals surface area contributed by atoms with E-state index in [1.165, 1.54) is 18.4 Å². The van der Waals surface area contributed by atoms with Crippen LogP contribution in [0.2, 0.25) is 0 Å². The van der Waals surface area contributed by atoms with Crippen LogP contribution in [0.5, 0.6) is 11.5 Å². The van der Waals surface area contributed by atoms with E-state index in [0.717, 1.165) is 18.5 Å². The number of ether oxygens (including phenoxy) is 2. The Hall–Kier alpha value is -2.27.